The Morgan fingerprint density at radius 3 is 1.94 bits per heavy atom. The van der Waals surface area contributed by atoms with Crippen LogP contribution in [-0.4, -0.2) is 40.0 Å². The molecule has 2 heterocycles. The molecule has 0 aliphatic rings. The van der Waals surface area contributed by atoms with Gasteiger partial charge in [-0.1, -0.05) is 45.6 Å². The number of benzene rings is 1. The van der Waals surface area contributed by atoms with E-state index in [1.54, 1.807) is 30.5 Å². The molecular formula is C27H38N4O5. The minimum absolute atomic E-state index is 0.280. The van der Waals surface area contributed by atoms with E-state index in [9.17, 15) is 9.59 Å². The van der Waals surface area contributed by atoms with Crippen molar-refractivity contribution in [2.45, 2.75) is 65.5 Å². The Morgan fingerprint density at radius 2 is 1.42 bits per heavy atom. The van der Waals surface area contributed by atoms with Crippen LogP contribution in [0, 0.1) is 0 Å². The Kier molecular flexibility index (Phi) is 9.38. The molecule has 0 aliphatic heterocycles. The van der Waals surface area contributed by atoms with Gasteiger partial charge >= 0.3 is 5.69 Å². The first kappa shape index (κ1) is 27.1. The molecular weight excluding hydrogens is 460 g/mol. The molecule has 0 spiro atoms. The van der Waals surface area contributed by atoms with Crippen LogP contribution in [0.3, 0.4) is 0 Å². The Labute approximate surface area is 211 Å². The summed E-state index contributed by atoms with van der Waals surface area (Å²) in [6.45, 7) is 5.17. The summed E-state index contributed by atoms with van der Waals surface area (Å²) in [6, 6.07) is 3.67. The topological polar surface area (TPSA) is 89.5 Å². The number of aromatic nitrogens is 4. The maximum atomic E-state index is 13.4. The normalized spacial score (nSPS) is 11.5. The van der Waals surface area contributed by atoms with Crippen LogP contribution in [0.15, 0.2) is 21.7 Å². The largest absolute Gasteiger partial charge is 0.493 e. The minimum atomic E-state index is -0.291. The highest BCUT2D eigenvalue weighted by Gasteiger charge is 2.19. The molecule has 0 fully saturated rings. The third-order valence-electron chi connectivity index (χ3n) is 6.36. The first-order chi connectivity index (χ1) is 17.4. The van der Waals surface area contributed by atoms with E-state index >= 15 is 0 Å². The van der Waals surface area contributed by atoms with Gasteiger partial charge in [-0.15, -0.1) is 0 Å². The van der Waals surface area contributed by atoms with Crippen LogP contribution in [0.4, 0.5) is 0 Å². The number of imidazole rings is 1. The van der Waals surface area contributed by atoms with Crippen molar-refractivity contribution in [1.29, 1.82) is 0 Å². The number of aryl methyl sites for hydroxylation is 2. The summed E-state index contributed by atoms with van der Waals surface area (Å²) in [6.07, 6.45) is 9.36. The molecule has 0 bridgehead atoms. The lowest BCUT2D eigenvalue weighted by molar-refractivity contribution is 0.324. The van der Waals surface area contributed by atoms with Crippen LogP contribution in [0.1, 0.15) is 63.8 Å². The van der Waals surface area contributed by atoms with E-state index in [1.165, 1.54) is 4.57 Å². The van der Waals surface area contributed by atoms with E-state index in [1.807, 2.05) is 31.3 Å². The molecule has 0 saturated heterocycles. The van der Waals surface area contributed by atoms with Crippen molar-refractivity contribution < 1.29 is 14.2 Å². The highest BCUT2D eigenvalue weighted by atomic mass is 16.5. The number of hydrogen-bond acceptors (Lipinski definition) is 6. The Bertz CT molecular complexity index is 1310. The van der Waals surface area contributed by atoms with Gasteiger partial charge in [0.05, 0.1) is 21.3 Å². The van der Waals surface area contributed by atoms with Gasteiger partial charge < -0.3 is 18.8 Å². The zero-order valence-corrected chi connectivity index (χ0v) is 22.3. The van der Waals surface area contributed by atoms with Crippen molar-refractivity contribution in [3.63, 3.8) is 0 Å². The summed E-state index contributed by atoms with van der Waals surface area (Å²) in [5, 5.41) is 0. The summed E-state index contributed by atoms with van der Waals surface area (Å²) in [4.78, 5) is 31.4. The highest BCUT2D eigenvalue weighted by molar-refractivity contribution is 5.77. The summed E-state index contributed by atoms with van der Waals surface area (Å²) < 4.78 is 21.1. The maximum Gasteiger partial charge on any atom is 0.332 e. The first-order valence-electron chi connectivity index (χ1n) is 12.6. The molecule has 0 amide bonds. The van der Waals surface area contributed by atoms with Crippen LogP contribution in [0.25, 0.3) is 23.3 Å². The van der Waals surface area contributed by atoms with Crippen molar-refractivity contribution in [2.24, 2.45) is 7.05 Å². The fourth-order valence-electron chi connectivity index (χ4n) is 4.34. The lowest BCUT2D eigenvalue weighted by Gasteiger charge is -2.12. The van der Waals surface area contributed by atoms with Gasteiger partial charge in [-0.2, -0.15) is 0 Å². The van der Waals surface area contributed by atoms with Crippen molar-refractivity contribution in [3.05, 3.63) is 44.4 Å². The smallest absolute Gasteiger partial charge is 0.332 e. The SMILES string of the molecule is CCCCCn1c(=O)c2c(nc(C=Cc3cc(OC)c(OC)c(OC)c3)n2C)n(CCCCC)c1=O. The number of methoxy groups -OCH3 is 3. The van der Waals surface area contributed by atoms with Crippen LogP contribution >= 0.6 is 0 Å². The summed E-state index contributed by atoms with van der Waals surface area (Å²) >= 11 is 0. The average Bonchev–Trinajstić information content (AvgIpc) is 3.21. The Balaban J connectivity index is 2.12. The van der Waals surface area contributed by atoms with E-state index in [0.717, 1.165) is 44.1 Å². The minimum Gasteiger partial charge on any atom is -0.493 e. The number of hydrogen-bond donors (Lipinski definition) is 0. The molecule has 0 atom stereocenters. The second-order valence-corrected chi connectivity index (χ2v) is 8.80. The zero-order chi connectivity index (χ0) is 26.2. The van der Waals surface area contributed by atoms with Crippen LogP contribution in [0.5, 0.6) is 17.2 Å². The Hall–Kier alpha value is -3.49. The number of fused-ring (bicyclic) bond motifs is 1. The van der Waals surface area contributed by atoms with E-state index in [4.69, 9.17) is 19.2 Å². The van der Waals surface area contributed by atoms with Crippen LogP contribution < -0.4 is 25.5 Å². The lowest BCUT2D eigenvalue weighted by Crippen LogP contribution is -2.40. The van der Waals surface area contributed by atoms with Crippen molar-refractivity contribution in [3.8, 4) is 17.2 Å². The molecule has 0 unspecified atom stereocenters. The molecule has 9 heteroatoms. The predicted octanol–water partition coefficient (Wildman–Crippen LogP) is 4.47. The quantitative estimate of drug-likeness (QED) is 0.323. The molecule has 0 radical (unpaired) electrons. The van der Waals surface area contributed by atoms with E-state index in [-0.39, 0.29) is 11.2 Å². The van der Waals surface area contributed by atoms with Crippen molar-refractivity contribution in [1.82, 2.24) is 18.7 Å². The van der Waals surface area contributed by atoms with Crippen molar-refractivity contribution >= 4 is 23.3 Å². The molecule has 9 nitrogen and oxygen atoms in total. The molecule has 1 aromatic carbocycles. The van der Waals surface area contributed by atoms with Crippen molar-refractivity contribution in [2.75, 3.05) is 21.3 Å². The summed E-state index contributed by atoms with van der Waals surface area (Å²) in [5.74, 6) is 2.17. The molecule has 3 aromatic rings. The molecule has 2 aromatic heterocycles. The summed E-state index contributed by atoms with van der Waals surface area (Å²) in [7, 11) is 6.51. The standard InChI is InChI=1S/C27H38N4O5/c1-7-9-11-15-30-25-23(26(32)31(27(30)33)16-12-10-8-2)29(3)22(28-25)14-13-19-17-20(34-4)24(36-6)21(18-19)35-5/h13-14,17-18H,7-12,15-16H2,1-6H3. The number of rotatable bonds is 13. The third kappa shape index (κ3) is 5.50. The maximum absolute atomic E-state index is 13.4. The van der Waals surface area contributed by atoms with Crippen LogP contribution in [-0.2, 0) is 20.1 Å². The van der Waals surface area contributed by atoms with Gasteiger partial charge in [0, 0.05) is 20.1 Å². The lowest BCUT2D eigenvalue weighted by atomic mass is 10.1. The van der Waals surface area contributed by atoms with E-state index < -0.39 is 0 Å². The second-order valence-electron chi connectivity index (χ2n) is 8.80. The molecule has 3 rings (SSSR count). The van der Waals surface area contributed by atoms with Gasteiger partial charge in [-0.05, 0) is 36.6 Å². The van der Waals surface area contributed by atoms with E-state index in [0.29, 0.717) is 47.3 Å². The fraction of sp³-hybridized carbons (Fsp3) is 0.519. The zero-order valence-electron chi connectivity index (χ0n) is 22.3. The highest BCUT2D eigenvalue weighted by Crippen LogP contribution is 2.38. The molecule has 196 valence electrons. The number of nitrogens with zero attached hydrogens (tertiary/aromatic N) is 4. The number of ether oxygens (including phenoxy) is 3. The fourth-order valence-corrected chi connectivity index (χ4v) is 4.34. The van der Waals surface area contributed by atoms with Gasteiger partial charge in [-0.25, -0.2) is 9.78 Å². The monoisotopic (exact) mass is 498 g/mol. The second kappa shape index (κ2) is 12.5. The number of unbranched alkanes of at least 4 members (excludes halogenated alkanes) is 4. The third-order valence-corrected chi connectivity index (χ3v) is 6.36. The average molecular weight is 499 g/mol. The molecule has 0 saturated carbocycles. The molecule has 0 N–H and O–H groups in total. The Morgan fingerprint density at radius 1 is 0.833 bits per heavy atom. The van der Waals surface area contributed by atoms with E-state index in [2.05, 4.69) is 13.8 Å². The van der Waals surface area contributed by atoms with Gasteiger partial charge in [0.15, 0.2) is 22.7 Å². The predicted molar refractivity (Wildman–Crippen MR) is 143 cm³/mol. The van der Waals surface area contributed by atoms with Crippen LogP contribution in [0.2, 0.25) is 0 Å². The van der Waals surface area contributed by atoms with Gasteiger partial charge in [0.1, 0.15) is 5.82 Å². The molecule has 0 aliphatic carbocycles. The van der Waals surface area contributed by atoms with Gasteiger partial charge in [0.25, 0.3) is 5.56 Å². The van der Waals surface area contributed by atoms with Gasteiger partial charge in [0.2, 0.25) is 5.75 Å². The summed E-state index contributed by atoms with van der Waals surface area (Å²) in [5.41, 5.74) is 1.11. The van der Waals surface area contributed by atoms with Gasteiger partial charge in [-0.3, -0.25) is 13.9 Å². The first-order valence-corrected chi connectivity index (χ1v) is 12.6. The molecule has 36 heavy (non-hydrogen) atoms.